The third kappa shape index (κ3) is 7.80. The van der Waals surface area contributed by atoms with Crippen LogP contribution in [0, 0.1) is 13.8 Å². The quantitative estimate of drug-likeness (QED) is 0.288. The molecule has 0 aliphatic rings. The molecule has 11 heteroatoms. The maximum Gasteiger partial charge on any atom is 0.248 e. The normalized spacial score (nSPS) is 11.5. The van der Waals surface area contributed by atoms with E-state index in [0.717, 1.165) is 11.3 Å². The molecule has 38 heavy (non-hydrogen) atoms. The summed E-state index contributed by atoms with van der Waals surface area (Å²) in [5.74, 6) is 1.17. The van der Waals surface area contributed by atoms with E-state index < -0.39 is 10.0 Å². The molecule has 0 bridgehead atoms. The van der Waals surface area contributed by atoms with Gasteiger partial charge in [-0.25, -0.2) is 13.4 Å². The number of hydrogen-bond donors (Lipinski definition) is 0. The molecule has 0 aliphatic heterocycles. The highest BCUT2D eigenvalue weighted by molar-refractivity contribution is 7.89. The number of imidazole rings is 1. The largest absolute Gasteiger partial charge is 0.497 e. The van der Waals surface area contributed by atoms with Crippen LogP contribution in [-0.4, -0.2) is 80.7 Å². The Hall–Kier alpha value is -3.41. The number of hydrogen-bond acceptors (Lipinski definition) is 7. The van der Waals surface area contributed by atoms with Gasteiger partial charge in [-0.1, -0.05) is 12.1 Å². The Morgan fingerprint density at radius 2 is 1.71 bits per heavy atom. The van der Waals surface area contributed by atoms with Crippen LogP contribution in [-0.2, 0) is 32.6 Å². The number of sulfonamides is 1. The monoisotopic (exact) mass is 544 g/mol. The Bertz CT molecular complexity index is 1270. The first-order chi connectivity index (χ1) is 18.1. The highest BCUT2D eigenvalue weighted by Crippen LogP contribution is 2.27. The van der Waals surface area contributed by atoms with Crippen molar-refractivity contribution in [3.05, 3.63) is 71.8 Å². The first-order valence-electron chi connectivity index (χ1n) is 12.2. The van der Waals surface area contributed by atoms with Gasteiger partial charge in [0.1, 0.15) is 24.7 Å². The number of aromatic nitrogens is 2. The second-order valence-corrected chi connectivity index (χ2v) is 11.0. The molecule has 0 atom stereocenters. The van der Waals surface area contributed by atoms with Gasteiger partial charge in [-0.05, 0) is 54.8 Å². The SMILES string of the molecule is COc1cc(C)c(S(=O)(=O)N(C)CCOCC(=O)N(C)Cc2ccc(OCCn3ccnc3)cc2)c(C)c1. The molecular weight excluding hydrogens is 508 g/mol. The molecule has 3 aromatic rings. The standard InChI is InChI=1S/C27H36N4O6S/c1-21-16-25(35-5)17-22(2)27(21)38(33,34)30(4)12-14-36-19-26(32)29(3)18-23-6-8-24(9-7-23)37-15-13-31-11-10-28-20-31/h6-11,16-17,20H,12-15,18-19H2,1-5H3. The molecule has 3 rings (SSSR count). The van der Waals surface area contributed by atoms with E-state index in [1.54, 1.807) is 57.6 Å². The molecule has 0 radical (unpaired) electrons. The summed E-state index contributed by atoms with van der Waals surface area (Å²) in [6, 6.07) is 11.0. The number of aryl methyl sites for hydroxylation is 2. The molecule has 0 fully saturated rings. The van der Waals surface area contributed by atoms with Crippen molar-refractivity contribution in [2.45, 2.75) is 31.8 Å². The average molecular weight is 545 g/mol. The number of benzene rings is 2. The van der Waals surface area contributed by atoms with Gasteiger partial charge in [0.2, 0.25) is 15.9 Å². The minimum absolute atomic E-state index is 0.0919. The predicted molar refractivity (Wildman–Crippen MR) is 144 cm³/mol. The lowest BCUT2D eigenvalue weighted by molar-refractivity contribution is -0.135. The third-order valence-corrected chi connectivity index (χ3v) is 8.22. The van der Waals surface area contributed by atoms with Gasteiger partial charge < -0.3 is 23.7 Å². The number of nitrogens with zero attached hydrogens (tertiary/aromatic N) is 4. The van der Waals surface area contributed by atoms with Crippen LogP contribution < -0.4 is 9.47 Å². The van der Waals surface area contributed by atoms with Crippen LogP contribution in [0.1, 0.15) is 16.7 Å². The fraction of sp³-hybridized carbons (Fsp3) is 0.407. The van der Waals surface area contributed by atoms with Gasteiger partial charge >= 0.3 is 0 Å². The molecule has 0 spiro atoms. The van der Waals surface area contributed by atoms with Gasteiger partial charge in [0.25, 0.3) is 0 Å². The van der Waals surface area contributed by atoms with Crippen molar-refractivity contribution < 1.29 is 27.4 Å². The van der Waals surface area contributed by atoms with Gasteiger partial charge in [0.15, 0.2) is 0 Å². The van der Waals surface area contributed by atoms with Gasteiger partial charge in [-0.2, -0.15) is 4.31 Å². The zero-order valence-electron chi connectivity index (χ0n) is 22.6. The molecule has 0 saturated heterocycles. The van der Waals surface area contributed by atoms with Crippen molar-refractivity contribution in [2.24, 2.45) is 0 Å². The van der Waals surface area contributed by atoms with E-state index in [2.05, 4.69) is 4.98 Å². The van der Waals surface area contributed by atoms with E-state index in [-0.39, 0.29) is 30.6 Å². The lowest BCUT2D eigenvalue weighted by atomic mass is 10.1. The number of rotatable bonds is 14. The maximum absolute atomic E-state index is 13.1. The summed E-state index contributed by atoms with van der Waals surface area (Å²) in [7, 11) is 1.03. The van der Waals surface area contributed by atoms with E-state index in [9.17, 15) is 13.2 Å². The van der Waals surface area contributed by atoms with Crippen molar-refractivity contribution in [1.29, 1.82) is 0 Å². The van der Waals surface area contributed by atoms with Crippen molar-refractivity contribution >= 4 is 15.9 Å². The van der Waals surface area contributed by atoms with Crippen molar-refractivity contribution in [2.75, 3.05) is 47.6 Å². The average Bonchev–Trinajstić information content (AvgIpc) is 3.40. The molecule has 1 aromatic heterocycles. The van der Waals surface area contributed by atoms with Crippen molar-refractivity contribution in [3.63, 3.8) is 0 Å². The van der Waals surface area contributed by atoms with E-state index in [1.807, 2.05) is 35.0 Å². The summed E-state index contributed by atoms with van der Waals surface area (Å²) in [6.07, 6.45) is 5.35. The van der Waals surface area contributed by atoms with Crippen LogP contribution in [0.5, 0.6) is 11.5 Å². The number of carbonyl (C=O) groups excluding carboxylic acids is 1. The van der Waals surface area contributed by atoms with Crippen LogP contribution in [0.2, 0.25) is 0 Å². The van der Waals surface area contributed by atoms with E-state index in [4.69, 9.17) is 14.2 Å². The Morgan fingerprint density at radius 1 is 1.03 bits per heavy atom. The Balaban J connectivity index is 1.41. The van der Waals surface area contributed by atoms with Crippen LogP contribution in [0.3, 0.4) is 0 Å². The molecule has 0 unspecified atom stereocenters. The fourth-order valence-electron chi connectivity index (χ4n) is 3.92. The summed E-state index contributed by atoms with van der Waals surface area (Å²) < 4.78 is 45.8. The number of ether oxygens (including phenoxy) is 3. The third-order valence-electron chi connectivity index (χ3n) is 6.06. The summed E-state index contributed by atoms with van der Waals surface area (Å²) in [5.41, 5.74) is 2.18. The van der Waals surface area contributed by atoms with Gasteiger partial charge in [-0.15, -0.1) is 0 Å². The Kier molecular flexibility index (Phi) is 10.3. The molecular formula is C27H36N4O6S. The second-order valence-electron chi connectivity index (χ2n) is 9.01. The predicted octanol–water partition coefficient (Wildman–Crippen LogP) is 2.88. The number of methoxy groups -OCH3 is 1. The topological polar surface area (TPSA) is 103 Å². The molecule has 1 heterocycles. The Morgan fingerprint density at radius 3 is 2.32 bits per heavy atom. The highest BCUT2D eigenvalue weighted by Gasteiger charge is 2.25. The minimum Gasteiger partial charge on any atom is -0.497 e. The molecule has 0 saturated carbocycles. The molecule has 0 aliphatic carbocycles. The zero-order chi connectivity index (χ0) is 27.7. The zero-order valence-corrected chi connectivity index (χ0v) is 23.4. The van der Waals surface area contributed by atoms with Crippen LogP contribution in [0.25, 0.3) is 0 Å². The maximum atomic E-state index is 13.1. The van der Waals surface area contributed by atoms with Crippen LogP contribution in [0.4, 0.5) is 0 Å². The van der Waals surface area contributed by atoms with Crippen molar-refractivity contribution in [1.82, 2.24) is 18.8 Å². The summed E-state index contributed by atoms with van der Waals surface area (Å²) in [4.78, 5) is 18.3. The molecule has 2 aromatic carbocycles. The fourth-order valence-corrected chi connectivity index (χ4v) is 5.47. The molecule has 0 N–H and O–H groups in total. The lowest BCUT2D eigenvalue weighted by Gasteiger charge is -2.21. The van der Waals surface area contributed by atoms with E-state index in [1.165, 1.54) is 11.4 Å². The number of amides is 1. The van der Waals surface area contributed by atoms with Crippen LogP contribution >= 0.6 is 0 Å². The molecule has 1 amide bonds. The number of carbonyl (C=O) groups is 1. The molecule has 206 valence electrons. The summed E-state index contributed by atoms with van der Waals surface area (Å²) in [6.45, 7) is 5.21. The van der Waals surface area contributed by atoms with Crippen molar-refractivity contribution in [3.8, 4) is 11.5 Å². The molecule has 10 nitrogen and oxygen atoms in total. The smallest absolute Gasteiger partial charge is 0.248 e. The Labute approximate surface area is 224 Å². The van der Waals surface area contributed by atoms with Gasteiger partial charge in [0, 0.05) is 39.6 Å². The minimum atomic E-state index is -3.72. The summed E-state index contributed by atoms with van der Waals surface area (Å²) >= 11 is 0. The lowest BCUT2D eigenvalue weighted by Crippen LogP contribution is -2.33. The first kappa shape index (κ1) is 29.2. The first-order valence-corrected chi connectivity index (χ1v) is 13.7. The summed E-state index contributed by atoms with van der Waals surface area (Å²) in [5, 5.41) is 0. The van der Waals surface area contributed by atoms with Crippen LogP contribution in [0.15, 0.2) is 60.0 Å². The van der Waals surface area contributed by atoms with Gasteiger partial charge in [-0.3, -0.25) is 4.79 Å². The van der Waals surface area contributed by atoms with E-state index >= 15 is 0 Å². The second kappa shape index (κ2) is 13.4. The van der Waals surface area contributed by atoms with Gasteiger partial charge in [0.05, 0.1) is 31.5 Å². The number of likely N-dealkylation sites (N-methyl/N-ethyl adjacent to an activating group) is 2. The highest BCUT2D eigenvalue weighted by atomic mass is 32.2. The van der Waals surface area contributed by atoms with E-state index in [0.29, 0.717) is 36.6 Å².